The van der Waals surface area contributed by atoms with Crippen LogP contribution in [0.5, 0.6) is 11.5 Å². The number of nitrogens with zero attached hydrogens (tertiary/aromatic N) is 1. The van der Waals surface area contributed by atoms with Crippen LogP contribution in [0.2, 0.25) is 0 Å². The number of aromatic nitrogens is 1. The molecule has 1 atom stereocenters. The van der Waals surface area contributed by atoms with E-state index in [0.29, 0.717) is 25.5 Å². The first kappa shape index (κ1) is 18.3. The standard InChI is InChI=1S/C23H23NO4/c1-15(25)19-12-18-8-9-20(13-22(18)27-14-19)26-11-10-21-16(2)28-23(24-21)17-6-4-3-5-7-17/h3-9,13,19H,10-12,14H2,1-2H3. The SMILES string of the molecule is CC(=O)C1COc2cc(OCCc3nc(-c4ccccc4)oc3C)ccc2C1. The Morgan fingerprint density at radius 3 is 2.82 bits per heavy atom. The molecular weight excluding hydrogens is 354 g/mol. The Kier molecular flexibility index (Phi) is 5.15. The number of benzene rings is 2. The van der Waals surface area contributed by atoms with Crippen molar-refractivity contribution in [2.45, 2.75) is 26.7 Å². The van der Waals surface area contributed by atoms with Crippen molar-refractivity contribution in [3.8, 4) is 23.0 Å². The highest BCUT2D eigenvalue weighted by atomic mass is 16.5. The summed E-state index contributed by atoms with van der Waals surface area (Å²) in [5.41, 5.74) is 2.92. The van der Waals surface area contributed by atoms with Crippen LogP contribution >= 0.6 is 0 Å². The topological polar surface area (TPSA) is 61.6 Å². The zero-order valence-electron chi connectivity index (χ0n) is 16.1. The summed E-state index contributed by atoms with van der Waals surface area (Å²) in [6.45, 7) is 4.47. The van der Waals surface area contributed by atoms with Gasteiger partial charge in [0, 0.05) is 18.1 Å². The van der Waals surface area contributed by atoms with Crippen molar-refractivity contribution in [2.24, 2.45) is 5.92 Å². The number of Topliss-reactive ketones (excluding diaryl/α,β-unsaturated/α-hetero) is 1. The second-order valence-electron chi connectivity index (χ2n) is 7.08. The third-order valence-corrected chi connectivity index (χ3v) is 5.04. The van der Waals surface area contributed by atoms with Crippen molar-refractivity contribution < 1.29 is 18.7 Å². The van der Waals surface area contributed by atoms with Crippen molar-refractivity contribution in [1.29, 1.82) is 0 Å². The lowest BCUT2D eigenvalue weighted by Gasteiger charge is -2.24. The molecule has 0 amide bonds. The van der Waals surface area contributed by atoms with Crippen LogP contribution in [0, 0.1) is 12.8 Å². The van der Waals surface area contributed by atoms with E-state index in [9.17, 15) is 4.79 Å². The number of ether oxygens (including phenoxy) is 2. The lowest BCUT2D eigenvalue weighted by Crippen LogP contribution is -2.26. The molecule has 0 bridgehead atoms. The van der Waals surface area contributed by atoms with Gasteiger partial charge in [0.1, 0.15) is 23.0 Å². The van der Waals surface area contributed by atoms with Gasteiger partial charge >= 0.3 is 0 Å². The quantitative estimate of drug-likeness (QED) is 0.637. The van der Waals surface area contributed by atoms with E-state index >= 15 is 0 Å². The molecule has 5 heteroatoms. The summed E-state index contributed by atoms with van der Waals surface area (Å²) in [6.07, 6.45) is 1.39. The van der Waals surface area contributed by atoms with E-state index in [0.717, 1.165) is 40.5 Å². The van der Waals surface area contributed by atoms with Gasteiger partial charge in [0.2, 0.25) is 5.89 Å². The Balaban J connectivity index is 1.37. The Labute approximate surface area is 164 Å². The predicted molar refractivity (Wildman–Crippen MR) is 106 cm³/mol. The minimum Gasteiger partial charge on any atom is -0.493 e. The first-order chi connectivity index (χ1) is 13.6. The van der Waals surface area contributed by atoms with Crippen molar-refractivity contribution >= 4 is 5.78 Å². The number of rotatable bonds is 6. The Morgan fingerprint density at radius 1 is 1.21 bits per heavy atom. The number of oxazole rings is 1. The van der Waals surface area contributed by atoms with Crippen LogP contribution < -0.4 is 9.47 Å². The summed E-state index contributed by atoms with van der Waals surface area (Å²) in [5, 5.41) is 0. The van der Waals surface area contributed by atoms with Gasteiger partial charge in [0.05, 0.1) is 24.8 Å². The molecule has 0 saturated heterocycles. The Bertz CT molecular complexity index is 978. The predicted octanol–water partition coefficient (Wildman–Crippen LogP) is 4.41. The maximum absolute atomic E-state index is 11.6. The molecule has 1 aliphatic heterocycles. The van der Waals surface area contributed by atoms with Gasteiger partial charge in [0.25, 0.3) is 0 Å². The van der Waals surface area contributed by atoms with Crippen LogP contribution in [0.25, 0.3) is 11.5 Å². The van der Waals surface area contributed by atoms with Gasteiger partial charge < -0.3 is 13.9 Å². The van der Waals surface area contributed by atoms with E-state index in [1.54, 1.807) is 6.92 Å². The van der Waals surface area contributed by atoms with Gasteiger partial charge in [-0.2, -0.15) is 0 Å². The molecule has 3 aromatic rings. The summed E-state index contributed by atoms with van der Waals surface area (Å²) < 4.78 is 17.4. The van der Waals surface area contributed by atoms with E-state index in [1.807, 2.05) is 55.5 Å². The number of hydrogen-bond acceptors (Lipinski definition) is 5. The average Bonchev–Trinajstić information content (AvgIpc) is 3.09. The fourth-order valence-electron chi connectivity index (χ4n) is 3.33. The lowest BCUT2D eigenvalue weighted by atomic mass is 9.94. The minimum absolute atomic E-state index is 0.0479. The van der Waals surface area contributed by atoms with Crippen LogP contribution in [0.4, 0.5) is 0 Å². The number of ketones is 1. The summed E-state index contributed by atoms with van der Waals surface area (Å²) in [7, 11) is 0. The maximum atomic E-state index is 11.6. The molecule has 144 valence electrons. The summed E-state index contributed by atoms with van der Waals surface area (Å²) in [5.74, 6) is 3.13. The number of fused-ring (bicyclic) bond motifs is 1. The molecule has 4 rings (SSSR count). The Morgan fingerprint density at radius 2 is 2.04 bits per heavy atom. The van der Waals surface area contributed by atoms with Crippen LogP contribution in [-0.2, 0) is 17.6 Å². The molecule has 0 saturated carbocycles. The first-order valence-corrected chi connectivity index (χ1v) is 9.51. The monoisotopic (exact) mass is 377 g/mol. The molecule has 28 heavy (non-hydrogen) atoms. The molecule has 2 heterocycles. The molecule has 1 aromatic heterocycles. The van der Waals surface area contributed by atoms with Gasteiger partial charge in [-0.3, -0.25) is 4.79 Å². The van der Waals surface area contributed by atoms with Crippen LogP contribution in [0.15, 0.2) is 52.9 Å². The largest absolute Gasteiger partial charge is 0.493 e. The summed E-state index contributed by atoms with van der Waals surface area (Å²) in [4.78, 5) is 16.2. The smallest absolute Gasteiger partial charge is 0.226 e. The number of aryl methyl sites for hydroxylation is 1. The second-order valence-corrected chi connectivity index (χ2v) is 7.08. The molecule has 2 aromatic carbocycles. The van der Waals surface area contributed by atoms with Crippen molar-refractivity contribution in [3.63, 3.8) is 0 Å². The highest BCUT2D eigenvalue weighted by molar-refractivity contribution is 5.79. The van der Waals surface area contributed by atoms with E-state index in [2.05, 4.69) is 4.98 Å². The molecule has 0 aliphatic carbocycles. The molecule has 0 radical (unpaired) electrons. The summed E-state index contributed by atoms with van der Waals surface area (Å²) >= 11 is 0. The summed E-state index contributed by atoms with van der Waals surface area (Å²) in [6, 6.07) is 15.7. The molecule has 0 fully saturated rings. The van der Waals surface area contributed by atoms with E-state index < -0.39 is 0 Å². The van der Waals surface area contributed by atoms with Crippen LogP contribution in [-0.4, -0.2) is 24.0 Å². The van der Waals surface area contributed by atoms with Gasteiger partial charge in [0.15, 0.2) is 0 Å². The third-order valence-electron chi connectivity index (χ3n) is 5.04. The van der Waals surface area contributed by atoms with Crippen molar-refractivity contribution in [2.75, 3.05) is 13.2 Å². The van der Waals surface area contributed by atoms with Gasteiger partial charge in [-0.05, 0) is 44.0 Å². The van der Waals surface area contributed by atoms with Crippen LogP contribution in [0.3, 0.4) is 0 Å². The molecule has 0 N–H and O–H groups in total. The lowest BCUT2D eigenvalue weighted by molar-refractivity contribution is -0.121. The van der Waals surface area contributed by atoms with Gasteiger partial charge in [-0.15, -0.1) is 0 Å². The maximum Gasteiger partial charge on any atom is 0.226 e. The number of hydrogen-bond donors (Lipinski definition) is 0. The van der Waals surface area contributed by atoms with E-state index in [4.69, 9.17) is 13.9 Å². The molecule has 1 unspecified atom stereocenters. The second kappa shape index (κ2) is 7.89. The normalized spacial score (nSPS) is 15.6. The molecule has 5 nitrogen and oxygen atoms in total. The van der Waals surface area contributed by atoms with E-state index in [1.165, 1.54) is 0 Å². The fraction of sp³-hybridized carbons (Fsp3) is 0.304. The Hall–Kier alpha value is -3.08. The average molecular weight is 377 g/mol. The third kappa shape index (κ3) is 3.93. The fourth-order valence-corrected chi connectivity index (χ4v) is 3.33. The number of carbonyl (C=O) groups is 1. The highest BCUT2D eigenvalue weighted by Crippen LogP contribution is 2.31. The zero-order valence-corrected chi connectivity index (χ0v) is 16.1. The molecule has 1 aliphatic rings. The van der Waals surface area contributed by atoms with Crippen LogP contribution in [0.1, 0.15) is 23.9 Å². The number of carbonyl (C=O) groups excluding carboxylic acids is 1. The minimum atomic E-state index is -0.0479. The van der Waals surface area contributed by atoms with Gasteiger partial charge in [-0.25, -0.2) is 4.98 Å². The van der Waals surface area contributed by atoms with E-state index in [-0.39, 0.29) is 11.7 Å². The molecule has 0 spiro atoms. The zero-order chi connectivity index (χ0) is 19.5. The highest BCUT2D eigenvalue weighted by Gasteiger charge is 2.23. The van der Waals surface area contributed by atoms with Crippen molar-refractivity contribution in [1.82, 2.24) is 4.98 Å². The molecular formula is C23H23NO4. The van der Waals surface area contributed by atoms with Crippen molar-refractivity contribution in [3.05, 3.63) is 65.5 Å². The van der Waals surface area contributed by atoms with Gasteiger partial charge in [-0.1, -0.05) is 24.3 Å². The first-order valence-electron chi connectivity index (χ1n) is 9.51.